The van der Waals surface area contributed by atoms with Crippen molar-refractivity contribution in [2.75, 3.05) is 17.4 Å². The van der Waals surface area contributed by atoms with E-state index in [-0.39, 0.29) is 29.7 Å². The molecule has 10 heteroatoms. The Morgan fingerprint density at radius 3 is 2.04 bits per heavy atom. The largest absolute Gasteiger partial charge is 0.354 e. The van der Waals surface area contributed by atoms with Crippen LogP contribution in [0.1, 0.15) is 41.7 Å². The quantitative estimate of drug-likeness (QED) is 0.157. The van der Waals surface area contributed by atoms with E-state index in [1.807, 2.05) is 71.0 Å². The summed E-state index contributed by atoms with van der Waals surface area (Å²) in [5.74, 6) is -0.738. The summed E-state index contributed by atoms with van der Waals surface area (Å²) in [6, 6.07) is 25.3. The third-order valence-electron chi connectivity index (χ3n) is 7.69. The van der Waals surface area contributed by atoms with Gasteiger partial charge in [-0.15, -0.1) is 0 Å². The molecule has 0 aliphatic carbocycles. The summed E-state index contributed by atoms with van der Waals surface area (Å²) in [5.41, 5.74) is 4.35. The highest BCUT2D eigenvalue weighted by Crippen LogP contribution is 2.28. The fourth-order valence-corrected chi connectivity index (χ4v) is 7.14. The van der Waals surface area contributed by atoms with E-state index in [2.05, 4.69) is 5.32 Å². The number of sulfonamides is 1. The monoisotopic (exact) mass is 693 g/mol. The molecule has 0 fully saturated rings. The van der Waals surface area contributed by atoms with E-state index in [0.29, 0.717) is 27.8 Å². The third-order valence-corrected chi connectivity index (χ3v) is 10.1. The maximum absolute atomic E-state index is 14.7. The summed E-state index contributed by atoms with van der Waals surface area (Å²) in [4.78, 5) is 30.1. The molecule has 7 nitrogen and oxygen atoms in total. The van der Waals surface area contributed by atoms with Crippen LogP contribution < -0.4 is 9.62 Å². The number of hydrogen-bond donors (Lipinski definition) is 1. The van der Waals surface area contributed by atoms with Gasteiger partial charge in [0, 0.05) is 29.6 Å². The van der Waals surface area contributed by atoms with Gasteiger partial charge in [0.25, 0.3) is 10.0 Å². The van der Waals surface area contributed by atoms with Gasteiger partial charge in [0.1, 0.15) is 12.6 Å². The molecule has 0 saturated carbocycles. The molecule has 0 aromatic heterocycles. The predicted octanol–water partition coefficient (Wildman–Crippen LogP) is 7.53. The zero-order valence-electron chi connectivity index (χ0n) is 27.3. The molecule has 1 unspecified atom stereocenters. The molecule has 2 amide bonds. The van der Waals surface area contributed by atoms with Crippen LogP contribution in [0.4, 0.5) is 5.69 Å². The minimum atomic E-state index is -4.20. The second-order valence-corrected chi connectivity index (χ2v) is 15.0. The first-order valence-corrected chi connectivity index (χ1v) is 17.7. The molecule has 0 radical (unpaired) electrons. The van der Waals surface area contributed by atoms with Crippen LogP contribution in [0.15, 0.2) is 95.9 Å². The highest BCUT2D eigenvalue weighted by atomic mass is 35.5. The van der Waals surface area contributed by atoms with E-state index in [1.54, 1.807) is 42.5 Å². The minimum Gasteiger partial charge on any atom is -0.354 e. The number of carbonyl (C=O) groups excluding carboxylic acids is 2. The third kappa shape index (κ3) is 9.60. The molecule has 0 saturated heterocycles. The fraction of sp³-hybridized carbons (Fsp3) is 0.297. The van der Waals surface area contributed by atoms with Gasteiger partial charge in [0.05, 0.1) is 10.6 Å². The lowest BCUT2D eigenvalue weighted by Crippen LogP contribution is -2.53. The highest BCUT2D eigenvalue weighted by Gasteiger charge is 2.35. The van der Waals surface area contributed by atoms with Crippen molar-refractivity contribution in [3.63, 3.8) is 0 Å². The Bertz CT molecular complexity index is 1790. The molecule has 47 heavy (non-hydrogen) atoms. The lowest BCUT2D eigenvalue weighted by atomic mass is 10.0. The lowest BCUT2D eigenvalue weighted by molar-refractivity contribution is -0.140. The van der Waals surface area contributed by atoms with Crippen molar-refractivity contribution in [1.82, 2.24) is 10.2 Å². The first-order chi connectivity index (χ1) is 22.2. The normalized spacial score (nSPS) is 12.1. The molecular weight excluding hydrogens is 653 g/mol. The van der Waals surface area contributed by atoms with Crippen LogP contribution in [0, 0.1) is 26.7 Å². The molecule has 4 aromatic rings. The number of nitrogens with one attached hydrogen (secondary N) is 1. The van der Waals surface area contributed by atoms with Crippen molar-refractivity contribution in [1.29, 1.82) is 0 Å². The summed E-state index contributed by atoms with van der Waals surface area (Å²) in [7, 11) is -4.20. The number of benzene rings is 4. The Morgan fingerprint density at radius 1 is 0.809 bits per heavy atom. The second kappa shape index (κ2) is 15.8. The molecule has 1 N–H and O–H groups in total. The molecule has 0 aliphatic heterocycles. The van der Waals surface area contributed by atoms with Crippen LogP contribution in [0.2, 0.25) is 10.0 Å². The van der Waals surface area contributed by atoms with Gasteiger partial charge in [0.2, 0.25) is 11.8 Å². The minimum absolute atomic E-state index is 0.0489. The first kappa shape index (κ1) is 36.0. The van der Waals surface area contributed by atoms with Gasteiger partial charge in [-0.3, -0.25) is 13.9 Å². The number of nitrogens with zero attached hydrogens (tertiary/aromatic N) is 2. The van der Waals surface area contributed by atoms with Crippen molar-refractivity contribution >= 4 is 50.7 Å². The summed E-state index contributed by atoms with van der Waals surface area (Å²) in [6.07, 6.45) is 0.204. The molecule has 0 heterocycles. The second-order valence-electron chi connectivity index (χ2n) is 12.3. The number of halogens is 2. The Morgan fingerprint density at radius 2 is 1.45 bits per heavy atom. The van der Waals surface area contributed by atoms with Crippen molar-refractivity contribution in [3.8, 4) is 0 Å². The first-order valence-electron chi connectivity index (χ1n) is 15.5. The van der Waals surface area contributed by atoms with Gasteiger partial charge in [-0.25, -0.2) is 8.42 Å². The van der Waals surface area contributed by atoms with Crippen molar-refractivity contribution in [3.05, 3.63) is 129 Å². The van der Waals surface area contributed by atoms with Gasteiger partial charge in [-0.05, 0) is 85.3 Å². The van der Waals surface area contributed by atoms with Crippen molar-refractivity contribution in [2.45, 2.75) is 58.5 Å². The highest BCUT2D eigenvalue weighted by molar-refractivity contribution is 7.92. The summed E-state index contributed by atoms with van der Waals surface area (Å²) in [6.45, 7) is 9.40. The fourth-order valence-electron chi connectivity index (χ4n) is 5.27. The summed E-state index contributed by atoms with van der Waals surface area (Å²) < 4.78 is 29.7. The average Bonchev–Trinajstić information content (AvgIpc) is 3.01. The zero-order chi connectivity index (χ0) is 34.3. The number of rotatable bonds is 13. The van der Waals surface area contributed by atoms with Gasteiger partial charge in [-0.2, -0.15) is 0 Å². The number of anilines is 1. The van der Waals surface area contributed by atoms with E-state index in [4.69, 9.17) is 23.2 Å². The van der Waals surface area contributed by atoms with E-state index in [1.165, 1.54) is 17.0 Å². The maximum atomic E-state index is 14.7. The molecule has 0 spiro atoms. The number of carbonyl (C=O) groups is 2. The maximum Gasteiger partial charge on any atom is 0.264 e. The lowest BCUT2D eigenvalue weighted by Gasteiger charge is -2.34. The standard InChI is InChI=1S/C37H41Cl2N3O4S/c1-25(2)22-40-37(44)35(20-29-9-7-6-8-10-29)41(23-30-13-14-31(38)21-34(30)39)36(43)24-42(32-18-27(4)17-28(5)19-32)47(45,46)33-15-11-26(3)12-16-33/h6-19,21,25,35H,20,22-24H2,1-5H3,(H,40,44). The molecule has 1 atom stereocenters. The van der Waals surface area contributed by atoms with Crippen LogP contribution in [-0.4, -0.2) is 44.3 Å². The summed E-state index contributed by atoms with van der Waals surface area (Å²) >= 11 is 12.8. The van der Waals surface area contributed by atoms with Gasteiger partial charge >= 0.3 is 0 Å². The van der Waals surface area contributed by atoms with Crippen LogP contribution in [0.5, 0.6) is 0 Å². The van der Waals surface area contributed by atoms with E-state index < -0.39 is 28.5 Å². The molecule has 0 bridgehead atoms. The number of hydrogen-bond acceptors (Lipinski definition) is 4. The van der Waals surface area contributed by atoms with Crippen molar-refractivity contribution in [2.24, 2.45) is 5.92 Å². The molecule has 248 valence electrons. The van der Waals surface area contributed by atoms with Crippen LogP contribution >= 0.6 is 23.2 Å². The SMILES string of the molecule is Cc1ccc(S(=O)(=O)N(CC(=O)N(Cc2ccc(Cl)cc2Cl)C(Cc2ccccc2)C(=O)NCC(C)C)c2cc(C)cc(C)c2)cc1. The van der Waals surface area contributed by atoms with Crippen LogP contribution in [0.3, 0.4) is 0 Å². The van der Waals surface area contributed by atoms with Crippen molar-refractivity contribution < 1.29 is 18.0 Å². The van der Waals surface area contributed by atoms with E-state index >= 15 is 0 Å². The molecular formula is C37H41Cl2N3O4S. The molecule has 0 aliphatic rings. The predicted molar refractivity (Wildman–Crippen MR) is 190 cm³/mol. The Kier molecular flexibility index (Phi) is 12.1. The van der Waals surface area contributed by atoms with Gasteiger partial charge in [-0.1, -0.05) is 97.2 Å². The van der Waals surface area contributed by atoms with Crippen LogP contribution in [0.25, 0.3) is 0 Å². The number of aryl methyl sites for hydroxylation is 3. The zero-order valence-corrected chi connectivity index (χ0v) is 29.7. The molecule has 4 rings (SSSR count). The number of amides is 2. The van der Waals surface area contributed by atoms with E-state index in [0.717, 1.165) is 26.6 Å². The van der Waals surface area contributed by atoms with E-state index in [9.17, 15) is 18.0 Å². The Hall–Kier alpha value is -3.85. The van der Waals surface area contributed by atoms with Gasteiger partial charge in [0.15, 0.2) is 0 Å². The van der Waals surface area contributed by atoms with Gasteiger partial charge < -0.3 is 10.2 Å². The smallest absolute Gasteiger partial charge is 0.264 e. The summed E-state index contributed by atoms with van der Waals surface area (Å²) in [5, 5.41) is 3.75. The molecule has 4 aromatic carbocycles. The Labute approximate surface area is 288 Å². The Balaban J connectivity index is 1.84. The topological polar surface area (TPSA) is 86.8 Å². The average molecular weight is 695 g/mol. The van der Waals surface area contributed by atoms with Crippen LogP contribution in [-0.2, 0) is 32.6 Å².